The Morgan fingerprint density at radius 1 is 1.12 bits per heavy atom. The molecule has 0 fully saturated rings. The number of nitrogens with zero attached hydrogens (tertiary/aromatic N) is 3. The van der Waals surface area contributed by atoms with Crippen LogP contribution in [0.3, 0.4) is 0 Å². The maximum Gasteiger partial charge on any atom is 0.223 e. The number of halogens is 1. The molecule has 0 spiro atoms. The van der Waals surface area contributed by atoms with Crippen molar-refractivity contribution in [3.8, 4) is 17.1 Å². The molecule has 5 nitrogen and oxygen atoms in total. The fourth-order valence-corrected chi connectivity index (χ4v) is 2.64. The molecule has 124 valence electrons. The Labute approximate surface area is 143 Å². The van der Waals surface area contributed by atoms with Gasteiger partial charge in [-0.3, -0.25) is 4.98 Å². The van der Waals surface area contributed by atoms with Gasteiger partial charge in [0.2, 0.25) is 11.7 Å². The van der Waals surface area contributed by atoms with Crippen molar-refractivity contribution < 1.29 is 13.7 Å². The molecule has 25 heavy (non-hydrogen) atoms. The summed E-state index contributed by atoms with van der Waals surface area (Å²) in [6.07, 6.45) is 1.68. The van der Waals surface area contributed by atoms with Gasteiger partial charge in [0.1, 0.15) is 18.2 Å². The standard InChI is InChI=1S/C19H14FN3O2/c1-12-22-19(23-25-12)14-4-2-6-17(10-14)24-11-15-9-16(20)8-13-5-3-7-21-18(13)15/h2-10H,11H2,1H3. The van der Waals surface area contributed by atoms with E-state index in [9.17, 15) is 4.39 Å². The van der Waals surface area contributed by atoms with Crippen molar-refractivity contribution in [3.05, 3.63) is 72.0 Å². The lowest BCUT2D eigenvalue weighted by molar-refractivity contribution is 0.307. The van der Waals surface area contributed by atoms with E-state index in [2.05, 4.69) is 15.1 Å². The average Bonchev–Trinajstić information content (AvgIpc) is 3.06. The number of pyridine rings is 1. The molecular weight excluding hydrogens is 321 g/mol. The summed E-state index contributed by atoms with van der Waals surface area (Å²) in [5.74, 6) is 1.32. The predicted octanol–water partition coefficient (Wildman–Crippen LogP) is 4.31. The van der Waals surface area contributed by atoms with Crippen LogP contribution in [0.15, 0.2) is 59.3 Å². The summed E-state index contributed by atoms with van der Waals surface area (Å²) in [5.41, 5.74) is 2.21. The summed E-state index contributed by atoms with van der Waals surface area (Å²) in [7, 11) is 0. The van der Waals surface area contributed by atoms with Crippen LogP contribution in [0, 0.1) is 12.7 Å². The molecule has 0 aliphatic heterocycles. The number of aryl methyl sites for hydroxylation is 1. The summed E-state index contributed by atoms with van der Waals surface area (Å²) in [5, 5.41) is 4.64. The van der Waals surface area contributed by atoms with Crippen LogP contribution in [0.25, 0.3) is 22.3 Å². The Morgan fingerprint density at radius 3 is 2.88 bits per heavy atom. The minimum atomic E-state index is -0.310. The molecule has 2 aromatic carbocycles. The third kappa shape index (κ3) is 3.19. The van der Waals surface area contributed by atoms with Gasteiger partial charge in [-0.25, -0.2) is 4.39 Å². The topological polar surface area (TPSA) is 61.0 Å². The van der Waals surface area contributed by atoms with Crippen LogP contribution in [-0.4, -0.2) is 15.1 Å². The SMILES string of the molecule is Cc1nc(-c2cccc(OCc3cc(F)cc4cccnc34)c2)no1. The van der Waals surface area contributed by atoms with Crippen molar-refractivity contribution in [1.29, 1.82) is 0 Å². The molecule has 0 radical (unpaired) electrons. The van der Waals surface area contributed by atoms with Crippen molar-refractivity contribution in [3.63, 3.8) is 0 Å². The van der Waals surface area contributed by atoms with Crippen molar-refractivity contribution in [2.75, 3.05) is 0 Å². The number of hydrogen-bond acceptors (Lipinski definition) is 5. The molecule has 0 atom stereocenters. The van der Waals surface area contributed by atoms with E-state index in [-0.39, 0.29) is 12.4 Å². The number of rotatable bonds is 4. The van der Waals surface area contributed by atoms with E-state index in [4.69, 9.17) is 9.26 Å². The first-order valence-electron chi connectivity index (χ1n) is 7.76. The Bertz CT molecular complexity index is 1050. The maximum absolute atomic E-state index is 13.8. The predicted molar refractivity (Wildman–Crippen MR) is 90.5 cm³/mol. The van der Waals surface area contributed by atoms with Gasteiger partial charge in [0.25, 0.3) is 0 Å². The van der Waals surface area contributed by atoms with Gasteiger partial charge < -0.3 is 9.26 Å². The summed E-state index contributed by atoms with van der Waals surface area (Å²) in [6, 6.07) is 13.9. The molecule has 2 heterocycles. The fraction of sp³-hybridized carbons (Fsp3) is 0.105. The second-order valence-electron chi connectivity index (χ2n) is 5.59. The van der Waals surface area contributed by atoms with Crippen molar-refractivity contribution in [1.82, 2.24) is 15.1 Å². The molecule has 0 saturated carbocycles. The summed E-state index contributed by atoms with van der Waals surface area (Å²) in [4.78, 5) is 8.52. The highest BCUT2D eigenvalue weighted by Crippen LogP contribution is 2.24. The lowest BCUT2D eigenvalue weighted by Gasteiger charge is -2.09. The minimum Gasteiger partial charge on any atom is -0.489 e. The second-order valence-corrected chi connectivity index (χ2v) is 5.59. The van der Waals surface area contributed by atoms with Crippen LogP contribution < -0.4 is 4.74 Å². The van der Waals surface area contributed by atoms with Gasteiger partial charge in [-0.1, -0.05) is 23.4 Å². The Balaban J connectivity index is 1.60. The van der Waals surface area contributed by atoms with Crippen LogP contribution >= 0.6 is 0 Å². The highest BCUT2D eigenvalue weighted by atomic mass is 19.1. The monoisotopic (exact) mass is 335 g/mol. The molecule has 0 bridgehead atoms. The van der Waals surface area contributed by atoms with Gasteiger partial charge >= 0.3 is 0 Å². The largest absolute Gasteiger partial charge is 0.489 e. The third-order valence-corrected chi connectivity index (χ3v) is 3.76. The quantitative estimate of drug-likeness (QED) is 0.556. The van der Waals surface area contributed by atoms with Gasteiger partial charge in [-0.2, -0.15) is 4.98 Å². The van der Waals surface area contributed by atoms with E-state index in [1.54, 1.807) is 19.2 Å². The Kier molecular flexibility index (Phi) is 3.85. The van der Waals surface area contributed by atoms with Gasteiger partial charge in [-0.05, 0) is 30.3 Å². The molecule has 0 amide bonds. The fourth-order valence-electron chi connectivity index (χ4n) is 2.64. The van der Waals surface area contributed by atoms with Crippen LogP contribution in [0.2, 0.25) is 0 Å². The zero-order valence-electron chi connectivity index (χ0n) is 13.4. The molecule has 0 aliphatic rings. The lowest BCUT2D eigenvalue weighted by Crippen LogP contribution is -1.99. The zero-order valence-corrected chi connectivity index (χ0v) is 13.4. The molecule has 6 heteroatoms. The molecule has 0 N–H and O–H groups in total. The van der Waals surface area contributed by atoms with Crippen molar-refractivity contribution in [2.24, 2.45) is 0 Å². The van der Waals surface area contributed by atoms with Crippen LogP contribution in [0.4, 0.5) is 4.39 Å². The number of hydrogen-bond donors (Lipinski definition) is 0. The first kappa shape index (κ1) is 15.3. The van der Waals surface area contributed by atoms with Crippen molar-refractivity contribution in [2.45, 2.75) is 13.5 Å². The second kappa shape index (κ2) is 6.32. The molecule has 2 aromatic heterocycles. The van der Waals surface area contributed by atoms with E-state index in [1.165, 1.54) is 12.1 Å². The highest BCUT2D eigenvalue weighted by Gasteiger charge is 2.09. The van der Waals surface area contributed by atoms with Crippen LogP contribution in [0.5, 0.6) is 5.75 Å². The molecule has 4 aromatic rings. The van der Waals surface area contributed by atoms with Crippen LogP contribution in [0.1, 0.15) is 11.5 Å². The maximum atomic E-state index is 13.8. The first-order chi connectivity index (χ1) is 12.2. The van der Waals surface area contributed by atoms with E-state index in [0.29, 0.717) is 23.0 Å². The van der Waals surface area contributed by atoms with Crippen LogP contribution in [-0.2, 0) is 6.61 Å². The summed E-state index contributed by atoms with van der Waals surface area (Å²) < 4.78 is 24.6. The molecular formula is C19H14FN3O2. The van der Waals surface area contributed by atoms with E-state index >= 15 is 0 Å². The third-order valence-electron chi connectivity index (χ3n) is 3.76. The molecule has 0 saturated heterocycles. The summed E-state index contributed by atoms with van der Waals surface area (Å²) >= 11 is 0. The molecule has 4 rings (SSSR count). The number of ether oxygens (including phenoxy) is 1. The van der Waals surface area contributed by atoms with Gasteiger partial charge in [0.15, 0.2) is 0 Å². The number of fused-ring (bicyclic) bond motifs is 1. The van der Waals surface area contributed by atoms with E-state index in [1.807, 2.05) is 30.3 Å². The normalized spacial score (nSPS) is 11.0. The highest BCUT2D eigenvalue weighted by molar-refractivity contribution is 5.81. The summed E-state index contributed by atoms with van der Waals surface area (Å²) in [6.45, 7) is 1.94. The minimum absolute atomic E-state index is 0.208. The Morgan fingerprint density at radius 2 is 2.04 bits per heavy atom. The first-order valence-corrected chi connectivity index (χ1v) is 7.76. The van der Waals surface area contributed by atoms with Gasteiger partial charge in [-0.15, -0.1) is 0 Å². The van der Waals surface area contributed by atoms with E-state index in [0.717, 1.165) is 16.5 Å². The average molecular weight is 335 g/mol. The Hall–Kier alpha value is -3.28. The number of benzene rings is 2. The van der Waals surface area contributed by atoms with Gasteiger partial charge in [0, 0.05) is 29.6 Å². The smallest absolute Gasteiger partial charge is 0.223 e. The van der Waals surface area contributed by atoms with Gasteiger partial charge in [0.05, 0.1) is 5.52 Å². The number of aromatic nitrogens is 3. The van der Waals surface area contributed by atoms with E-state index < -0.39 is 0 Å². The molecule has 0 unspecified atom stereocenters. The van der Waals surface area contributed by atoms with Crippen molar-refractivity contribution >= 4 is 10.9 Å². The zero-order chi connectivity index (χ0) is 17.2. The molecule has 0 aliphatic carbocycles. The lowest BCUT2D eigenvalue weighted by atomic mass is 10.1.